The first kappa shape index (κ1) is 14.8. The smallest absolute Gasteiger partial charge is 0.266 e. The maximum absolute atomic E-state index is 12.3. The average Bonchev–Trinajstić information content (AvgIpc) is 3.05. The van der Waals surface area contributed by atoms with Crippen LogP contribution in [0.2, 0.25) is 5.02 Å². The number of nitrogens with one attached hydrogen (secondary N) is 1. The van der Waals surface area contributed by atoms with Crippen LogP contribution in [0.1, 0.15) is 15.2 Å². The molecule has 112 valence electrons. The molecule has 0 fully saturated rings. The van der Waals surface area contributed by atoms with Crippen molar-refractivity contribution >= 4 is 34.7 Å². The van der Waals surface area contributed by atoms with E-state index in [-0.39, 0.29) is 5.91 Å². The highest BCUT2D eigenvalue weighted by Gasteiger charge is 2.14. The highest BCUT2D eigenvalue weighted by Crippen LogP contribution is 2.33. The van der Waals surface area contributed by atoms with Gasteiger partial charge in [-0.15, -0.1) is 11.3 Å². The van der Waals surface area contributed by atoms with Gasteiger partial charge in [-0.2, -0.15) is 5.10 Å². The Morgan fingerprint density at radius 2 is 2.14 bits per heavy atom. The molecule has 3 aromatic rings. The highest BCUT2D eigenvalue weighted by molar-refractivity contribution is 7.17. The molecule has 0 radical (unpaired) electrons. The minimum atomic E-state index is -0.153. The predicted octanol–water partition coefficient (Wildman–Crippen LogP) is 4.36. The molecule has 0 atom stereocenters. The molecule has 1 N–H and O–H groups in total. The molecule has 6 heteroatoms. The lowest BCUT2D eigenvalue weighted by Gasteiger charge is -2.00. The van der Waals surface area contributed by atoms with Crippen LogP contribution in [0.25, 0.3) is 10.4 Å². The Kier molecular flexibility index (Phi) is 4.00. The molecule has 0 bridgehead atoms. The third-order valence-corrected chi connectivity index (χ3v) is 4.70. The summed E-state index contributed by atoms with van der Waals surface area (Å²) < 4.78 is 1.65. The van der Waals surface area contributed by atoms with E-state index in [1.165, 1.54) is 11.3 Å². The summed E-state index contributed by atoms with van der Waals surface area (Å²) in [6, 6.07) is 11.3. The average molecular weight is 332 g/mol. The third-order valence-electron chi connectivity index (χ3n) is 3.18. The quantitative estimate of drug-likeness (QED) is 0.775. The summed E-state index contributed by atoms with van der Waals surface area (Å²) in [7, 11) is 1.81. The number of aryl methyl sites for hydroxylation is 2. The Bertz CT molecular complexity index is 838. The predicted molar refractivity (Wildman–Crippen MR) is 90.7 cm³/mol. The van der Waals surface area contributed by atoms with Crippen LogP contribution in [-0.2, 0) is 7.05 Å². The molecule has 0 saturated carbocycles. The number of anilines is 1. The van der Waals surface area contributed by atoms with Crippen LogP contribution in [-0.4, -0.2) is 15.7 Å². The van der Waals surface area contributed by atoms with Crippen LogP contribution in [0.15, 0.2) is 42.6 Å². The normalized spacial score (nSPS) is 10.7. The molecule has 2 heterocycles. The Balaban J connectivity index is 1.87. The summed E-state index contributed by atoms with van der Waals surface area (Å²) >= 11 is 7.49. The van der Waals surface area contributed by atoms with Crippen molar-refractivity contribution in [3.05, 3.63) is 58.1 Å². The number of hydrogen-bond donors (Lipinski definition) is 1. The lowest BCUT2D eigenvalue weighted by molar-refractivity contribution is 0.103. The van der Waals surface area contributed by atoms with Crippen LogP contribution in [0.4, 0.5) is 5.82 Å². The molecule has 0 spiro atoms. The number of aromatic nitrogens is 2. The van der Waals surface area contributed by atoms with Gasteiger partial charge >= 0.3 is 0 Å². The summed E-state index contributed by atoms with van der Waals surface area (Å²) in [6.07, 6.45) is 1.78. The van der Waals surface area contributed by atoms with Gasteiger partial charge in [0.2, 0.25) is 0 Å². The number of hydrogen-bond acceptors (Lipinski definition) is 3. The maximum atomic E-state index is 12.3. The van der Waals surface area contributed by atoms with Gasteiger partial charge in [0.1, 0.15) is 0 Å². The van der Waals surface area contributed by atoms with Crippen LogP contribution >= 0.6 is 22.9 Å². The van der Waals surface area contributed by atoms with E-state index in [1.807, 2.05) is 44.3 Å². The van der Waals surface area contributed by atoms with Crippen molar-refractivity contribution in [1.29, 1.82) is 0 Å². The van der Waals surface area contributed by atoms with Gasteiger partial charge in [-0.3, -0.25) is 9.48 Å². The minimum absolute atomic E-state index is 0.153. The van der Waals surface area contributed by atoms with Crippen molar-refractivity contribution in [2.45, 2.75) is 6.92 Å². The van der Waals surface area contributed by atoms with Crippen molar-refractivity contribution in [2.24, 2.45) is 7.05 Å². The van der Waals surface area contributed by atoms with E-state index >= 15 is 0 Å². The van der Waals surface area contributed by atoms with Gasteiger partial charge in [0.25, 0.3) is 5.91 Å². The van der Waals surface area contributed by atoms with Crippen molar-refractivity contribution in [1.82, 2.24) is 9.78 Å². The second-order valence-corrected chi connectivity index (χ2v) is 6.45. The zero-order valence-electron chi connectivity index (χ0n) is 12.1. The molecule has 1 aromatic carbocycles. The van der Waals surface area contributed by atoms with E-state index in [0.717, 1.165) is 16.0 Å². The molecule has 2 aromatic heterocycles. The fraction of sp³-hybridized carbons (Fsp3) is 0.125. The third kappa shape index (κ3) is 3.05. The van der Waals surface area contributed by atoms with E-state index in [0.29, 0.717) is 15.7 Å². The fourth-order valence-corrected chi connectivity index (χ4v) is 3.42. The second kappa shape index (κ2) is 5.94. The highest BCUT2D eigenvalue weighted by atomic mass is 35.5. The summed E-state index contributed by atoms with van der Waals surface area (Å²) in [5, 5.41) is 7.63. The van der Waals surface area contributed by atoms with E-state index in [1.54, 1.807) is 16.9 Å². The molecule has 3 rings (SSSR count). The van der Waals surface area contributed by atoms with Gasteiger partial charge in [0.15, 0.2) is 5.82 Å². The van der Waals surface area contributed by atoms with Crippen LogP contribution in [0.3, 0.4) is 0 Å². The SMILES string of the molecule is Cc1cc(C(=O)Nc2ccn(C)n2)sc1-c1cccc(Cl)c1. The van der Waals surface area contributed by atoms with Crippen LogP contribution in [0, 0.1) is 6.92 Å². The van der Waals surface area contributed by atoms with E-state index < -0.39 is 0 Å². The zero-order valence-corrected chi connectivity index (χ0v) is 13.7. The first-order chi connectivity index (χ1) is 10.5. The first-order valence-corrected chi connectivity index (χ1v) is 7.90. The molecule has 0 aliphatic heterocycles. The minimum Gasteiger partial charge on any atom is -0.304 e. The lowest BCUT2D eigenvalue weighted by atomic mass is 10.1. The number of benzene rings is 1. The number of halogens is 1. The van der Waals surface area contributed by atoms with Gasteiger partial charge in [-0.25, -0.2) is 0 Å². The van der Waals surface area contributed by atoms with E-state index in [4.69, 9.17) is 11.6 Å². The summed E-state index contributed by atoms with van der Waals surface area (Å²) in [5.41, 5.74) is 2.07. The number of carbonyl (C=O) groups excluding carboxylic acids is 1. The van der Waals surface area contributed by atoms with Crippen molar-refractivity contribution in [2.75, 3.05) is 5.32 Å². The Morgan fingerprint density at radius 3 is 2.82 bits per heavy atom. The van der Waals surface area contributed by atoms with E-state index in [2.05, 4.69) is 10.4 Å². The molecule has 4 nitrogen and oxygen atoms in total. The molecular formula is C16H14ClN3OS. The Labute approximate surface area is 137 Å². The number of carbonyl (C=O) groups is 1. The standard InChI is InChI=1S/C16H14ClN3OS/c1-10-8-13(16(21)18-14-6-7-20(2)19-14)22-15(10)11-4-3-5-12(17)9-11/h3-9H,1-2H3,(H,18,19,21). The molecule has 0 unspecified atom stereocenters. The molecule has 0 saturated heterocycles. The van der Waals surface area contributed by atoms with Crippen molar-refractivity contribution < 1.29 is 4.79 Å². The molecule has 1 amide bonds. The Hall–Kier alpha value is -2.11. The van der Waals surface area contributed by atoms with E-state index in [9.17, 15) is 4.79 Å². The Morgan fingerprint density at radius 1 is 1.32 bits per heavy atom. The fourth-order valence-electron chi connectivity index (χ4n) is 2.17. The topological polar surface area (TPSA) is 46.9 Å². The number of amides is 1. The molecule has 0 aliphatic rings. The molecular weight excluding hydrogens is 318 g/mol. The van der Waals surface area contributed by atoms with Crippen LogP contribution < -0.4 is 5.32 Å². The zero-order chi connectivity index (χ0) is 15.7. The largest absolute Gasteiger partial charge is 0.304 e. The van der Waals surface area contributed by atoms with Crippen molar-refractivity contribution in [3.63, 3.8) is 0 Å². The number of nitrogens with zero attached hydrogens (tertiary/aromatic N) is 2. The molecule has 22 heavy (non-hydrogen) atoms. The van der Waals surface area contributed by atoms with Crippen molar-refractivity contribution in [3.8, 4) is 10.4 Å². The summed E-state index contributed by atoms with van der Waals surface area (Å²) in [5.74, 6) is 0.392. The maximum Gasteiger partial charge on any atom is 0.266 e. The number of thiophene rings is 1. The lowest BCUT2D eigenvalue weighted by Crippen LogP contribution is -2.10. The summed E-state index contributed by atoms with van der Waals surface area (Å²) in [6.45, 7) is 1.99. The van der Waals surface area contributed by atoms with Gasteiger partial charge in [-0.05, 0) is 36.2 Å². The van der Waals surface area contributed by atoms with Crippen LogP contribution in [0.5, 0.6) is 0 Å². The monoisotopic (exact) mass is 331 g/mol. The summed E-state index contributed by atoms with van der Waals surface area (Å²) in [4.78, 5) is 14.0. The van der Waals surface area contributed by atoms with Gasteiger partial charge in [-0.1, -0.05) is 23.7 Å². The first-order valence-electron chi connectivity index (χ1n) is 6.70. The van der Waals surface area contributed by atoms with Gasteiger partial charge in [0.05, 0.1) is 4.88 Å². The number of rotatable bonds is 3. The van der Waals surface area contributed by atoms with Gasteiger partial charge in [0, 0.05) is 29.2 Å². The molecule has 0 aliphatic carbocycles. The second-order valence-electron chi connectivity index (χ2n) is 4.96. The van der Waals surface area contributed by atoms with Gasteiger partial charge < -0.3 is 5.32 Å².